The quantitative estimate of drug-likeness (QED) is 0.683. The van der Waals surface area contributed by atoms with Gasteiger partial charge in [0.15, 0.2) is 11.6 Å². The molecule has 1 unspecified atom stereocenters. The highest BCUT2D eigenvalue weighted by molar-refractivity contribution is 5.64. The van der Waals surface area contributed by atoms with E-state index in [1.807, 2.05) is 18.2 Å². The molecule has 0 amide bonds. The van der Waals surface area contributed by atoms with Crippen molar-refractivity contribution in [3.8, 4) is 16.9 Å². The second-order valence-electron chi connectivity index (χ2n) is 5.52. The van der Waals surface area contributed by atoms with E-state index in [9.17, 15) is 4.39 Å². The lowest BCUT2D eigenvalue weighted by Gasteiger charge is -2.12. The van der Waals surface area contributed by atoms with E-state index in [0.29, 0.717) is 18.3 Å². The van der Waals surface area contributed by atoms with E-state index >= 15 is 0 Å². The Morgan fingerprint density at radius 1 is 1.00 bits per heavy atom. The second-order valence-corrected chi connectivity index (χ2v) is 5.52. The molecule has 0 aliphatic rings. The molecule has 0 saturated carbocycles. The van der Waals surface area contributed by atoms with Gasteiger partial charge in [-0.25, -0.2) is 4.39 Å². The Morgan fingerprint density at radius 3 is 2.24 bits per heavy atom. The van der Waals surface area contributed by atoms with E-state index in [2.05, 4.69) is 32.9 Å². The highest BCUT2D eigenvalue weighted by atomic mass is 19.1. The third-order valence-corrected chi connectivity index (χ3v) is 3.85. The van der Waals surface area contributed by atoms with E-state index in [4.69, 9.17) is 4.74 Å². The number of halogens is 1. The highest BCUT2D eigenvalue weighted by Gasteiger charge is 2.08. The van der Waals surface area contributed by atoms with Crippen molar-refractivity contribution in [3.63, 3.8) is 0 Å². The van der Waals surface area contributed by atoms with Crippen LogP contribution in [0.1, 0.15) is 32.8 Å². The molecule has 1 atom stereocenters. The minimum Gasteiger partial charge on any atom is -0.490 e. The van der Waals surface area contributed by atoms with Gasteiger partial charge in [-0.3, -0.25) is 0 Å². The molecule has 0 saturated heterocycles. The number of benzene rings is 2. The number of ether oxygens (including phenoxy) is 1. The Balaban J connectivity index is 2.14. The Hall–Kier alpha value is -1.83. The number of rotatable bonds is 6. The molecule has 0 bridgehead atoms. The van der Waals surface area contributed by atoms with Crippen LogP contribution in [0.5, 0.6) is 5.75 Å². The van der Waals surface area contributed by atoms with Gasteiger partial charge in [-0.05, 0) is 41.2 Å². The maximum Gasteiger partial charge on any atom is 0.165 e. The van der Waals surface area contributed by atoms with Crippen molar-refractivity contribution in [2.24, 2.45) is 5.92 Å². The lowest BCUT2D eigenvalue weighted by molar-refractivity contribution is 0.246. The predicted molar refractivity (Wildman–Crippen MR) is 86.2 cm³/mol. The van der Waals surface area contributed by atoms with Crippen molar-refractivity contribution in [3.05, 3.63) is 53.8 Å². The zero-order valence-electron chi connectivity index (χ0n) is 13.0. The number of hydrogen-bond donors (Lipinski definition) is 0. The molecule has 112 valence electrons. The third-order valence-electron chi connectivity index (χ3n) is 3.85. The molecule has 21 heavy (non-hydrogen) atoms. The van der Waals surface area contributed by atoms with Crippen molar-refractivity contribution >= 4 is 0 Å². The normalized spacial score (nSPS) is 12.2. The van der Waals surface area contributed by atoms with Crippen LogP contribution in [-0.2, 0) is 6.42 Å². The Labute approximate surface area is 126 Å². The van der Waals surface area contributed by atoms with E-state index in [0.717, 1.165) is 24.0 Å². The van der Waals surface area contributed by atoms with Gasteiger partial charge in [0.2, 0.25) is 0 Å². The Kier molecular flexibility index (Phi) is 5.38. The minimum absolute atomic E-state index is 0.296. The fraction of sp³-hybridized carbons (Fsp3) is 0.368. The molecule has 0 aliphatic heterocycles. The van der Waals surface area contributed by atoms with Gasteiger partial charge >= 0.3 is 0 Å². The van der Waals surface area contributed by atoms with Gasteiger partial charge < -0.3 is 4.74 Å². The highest BCUT2D eigenvalue weighted by Crippen LogP contribution is 2.26. The molecular formula is C19H23FO. The van der Waals surface area contributed by atoms with Gasteiger partial charge in [-0.1, -0.05) is 57.5 Å². The summed E-state index contributed by atoms with van der Waals surface area (Å²) in [6.07, 6.45) is 2.04. The van der Waals surface area contributed by atoms with Gasteiger partial charge in [0, 0.05) is 0 Å². The summed E-state index contributed by atoms with van der Waals surface area (Å²) < 4.78 is 19.7. The van der Waals surface area contributed by atoms with Crippen LogP contribution >= 0.6 is 0 Å². The zero-order valence-corrected chi connectivity index (χ0v) is 13.0. The maximum absolute atomic E-state index is 14.1. The molecule has 0 fully saturated rings. The van der Waals surface area contributed by atoms with Crippen molar-refractivity contribution in [2.75, 3.05) is 6.61 Å². The van der Waals surface area contributed by atoms with Crippen molar-refractivity contribution < 1.29 is 9.13 Å². The summed E-state index contributed by atoms with van der Waals surface area (Å²) in [4.78, 5) is 0. The molecule has 0 aromatic heterocycles. The average Bonchev–Trinajstić information content (AvgIpc) is 2.53. The predicted octanol–water partition coefficient (Wildman–Crippen LogP) is 5.48. The third kappa shape index (κ3) is 4.07. The smallest absolute Gasteiger partial charge is 0.165 e. The summed E-state index contributed by atoms with van der Waals surface area (Å²) in [7, 11) is 0. The molecule has 2 heteroatoms. The van der Waals surface area contributed by atoms with Crippen LogP contribution < -0.4 is 4.74 Å². The summed E-state index contributed by atoms with van der Waals surface area (Å²) in [6, 6.07) is 13.4. The van der Waals surface area contributed by atoms with Crippen LogP contribution in [0.15, 0.2) is 42.5 Å². The zero-order chi connectivity index (χ0) is 15.2. The number of aryl methyl sites for hydroxylation is 1. The SMILES string of the molecule is CCc1ccc(-c2ccc(OCC(C)CC)c(F)c2)cc1. The van der Waals surface area contributed by atoms with Gasteiger partial charge in [-0.2, -0.15) is 0 Å². The molecule has 0 heterocycles. The molecule has 2 rings (SSSR count). The molecule has 1 nitrogen and oxygen atoms in total. The molecular weight excluding hydrogens is 263 g/mol. The van der Waals surface area contributed by atoms with Gasteiger partial charge in [0.1, 0.15) is 0 Å². The van der Waals surface area contributed by atoms with Gasteiger partial charge in [0.05, 0.1) is 6.61 Å². The van der Waals surface area contributed by atoms with Crippen LogP contribution in [0.2, 0.25) is 0 Å². The summed E-state index contributed by atoms with van der Waals surface area (Å²) in [5.74, 6) is 0.477. The summed E-state index contributed by atoms with van der Waals surface area (Å²) in [6.45, 7) is 6.88. The Morgan fingerprint density at radius 2 is 1.67 bits per heavy atom. The summed E-state index contributed by atoms with van der Waals surface area (Å²) in [5.41, 5.74) is 3.19. The molecule has 2 aromatic rings. The lowest BCUT2D eigenvalue weighted by Crippen LogP contribution is -2.08. The largest absolute Gasteiger partial charge is 0.490 e. The summed E-state index contributed by atoms with van der Waals surface area (Å²) in [5, 5.41) is 0. The first-order valence-corrected chi connectivity index (χ1v) is 7.65. The lowest BCUT2D eigenvalue weighted by atomic mass is 10.0. The van der Waals surface area contributed by atoms with Crippen molar-refractivity contribution in [2.45, 2.75) is 33.6 Å². The van der Waals surface area contributed by atoms with E-state index in [-0.39, 0.29) is 5.82 Å². The van der Waals surface area contributed by atoms with Crippen molar-refractivity contribution in [1.29, 1.82) is 0 Å². The first-order valence-electron chi connectivity index (χ1n) is 7.65. The van der Waals surface area contributed by atoms with Crippen molar-refractivity contribution in [1.82, 2.24) is 0 Å². The first kappa shape index (κ1) is 15.6. The molecule has 0 spiro atoms. The summed E-state index contributed by atoms with van der Waals surface area (Å²) >= 11 is 0. The monoisotopic (exact) mass is 286 g/mol. The van der Waals surface area contributed by atoms with E-state index < -0.39 is 0 Å². The van der Waals surface area contributed by atoms with Crippen LogP contribution in [0, 0.1) is 11.7 Å². The van der Waals surface area contributed by atoms with E-state index in [1.54, 1.807) is 12.1 Å². The minimum atomic E-state index is -0.296. The van der Waals surface area contributed by atoms with Crippen LogP contribution in [0.25, 0.3) is 11.1 Å². The van der Waals surface area contributed by atoms with Crippen LogP contribution in [-0.4, -0.2) is 6.61 Å². The standard InChI is InChI=1S/C19H23FO/c1-4-14(3)13-21-19-11-10-17(12-18(19)20)16-8-6-15(5-2)7-9-16/h6-12,14H,4-5,13H2,1-3H3. The molecule has 0 radical (unpaired) electrons. The molecule has 2 aromatic carbocycles. The Bertz CT molecular complexity index is 575. The molecule has 0 aliphatic carbocycles. The maximum atomic E-state index is 14.1. The van der Waals surface area contributed by atoms with Crippen LogP contribution in [0.4, 0.5) is 4.39 Å². The average molecular weight is 286 g/mol. The van der Waals surface area contributed by atoms with Crippen LogP contribution in [0.3, 0.4) is 0 Å². The fourth-order valence-corrected chi connectivity index (χ4v) is 2.08. The van der Waals surface area contributed by atoms with Gasteiger partial charge in [0.25, 0.3) is 0 Å². The fourth-order valence-electron chi connectivity index (χ4n) is 2.08. The first-order chi connectivity index (χ1) is 10.1. The van der Waals surface area contributed by atoms with Gasteiger partial charge in [-0.15, -0.1) is 0 Å². The molecule has 0 N–H and O–H groups in total. The number of hydrogen-bond acceptors (Lipinski definition) is 1. The van der Waals surface area contributed by atoms with E-state index in [1.165, 1.54) is 5.56 Å². The second kappa shape index (κ2) is 7.26. The topological polar surface area (TPSA) is 9.23 Å².